The van der Waals surface area contributed by atoms with Gasteiger partial charge >= 0.3 is 0 Å². The molecule has 1 heterocycles. The van der Waals surface area contributed by atoms with Crippen molar-refractivity contribution in [1.29, 1.82) is 0 Å². The van der Waals surface area contributed by atoms with Crippen LogP contribution in [0.2, 0.25) is 0 Å². The van der Waals surface area contributed by atoms with Crippen LogP contribution in [0.15, 0.2) is 58.0 Å². The topological polar surface area (TPSA) is 54.5 Å². The number of carbonyl (C=O) groups is 1. The predicted molar refractivity (Wildman–Crippen MR) is 82.3 cm³/mol. The molecule has 1 aromatic carbocycles. The number of hydrogen-bond acceptors (Lipinski definition) is 4. The Bertz CT molecular complexity index is 687. The van der Waals surface area contributed by atoms with Gasteiger partial charge in [0.25, 0.3) is 0 Å². The van der Waals surface area contributed by atoms with Crippen molar-refractivity contribution in [3.63, 3.8) is 0 Å². The van der Waals surface area contributed by atoms with E-state index < -0.39 is 15.6 Å². The van der Waals surface area contributed by atoms with E-state index in [-0.39, 0.29) is 9.80 Å². The van der Waals surface area contributed by atoms with Gasteiger partial charge in [0.2, 0.25) is 9.84 Å². The second-order valence-electron chi connectivity index (χ2n) is 5.09. The zero-order valence-electron chi connectivity index (χ0n) is 12.2. The molecule has 1 saturated heterocycles. The summed E-state index contributed by atoms with van der Waals surface area (Å²) in [7, 11) is -1.80. The van der Waals surface area contributed by atoms with E-state index in [0.29, 0.717) is 0 Å². The van der Waals surface area contributed by atoms with Gasteiger partial charge < -0.3 is 4.90 Å². The van der Waals surface area contributed by atoms with Crippen molar-refractivity contribution in [3.8, 4) is 0 Å². The number of allylic oxidation sites excluding steroid dienone is 4. The monoisotopic (exact) mass is 305 g/mol. The van der Waals surface area contributed by atoms with Gasteiger partial charge in [-0.2, -0.15) is 0 Å². The highest BCUT2D eigenvalue weighted by atomic mass is 32.2. The molecule has 0 aromatic heterocycles. The third kappa shape index (κ3) is 3.42. The molecule has 112 valence electrons. The quantitative estimate of drug-likeness (QED) is 0.802. The first-order valence-corrected chi connectivity index (χ1v) is 8.34. The molecule has 0 unspecified atom stereocenters. The second kappa shape index (κ2) is 6.26. The Hall–Kier alpha value is -1.88. The van der Waals surface area contributed by atoms with E-state index >= 15 is 0 Å². The third-order valence-corrected chi connectivity index (χ3v) is 5.43. The van der Waals surface area contributed by atoms with E-state index in [4.69, 9.17) is 0 Å². The maximum absolute atomic E-state index is 12.5. The summed E-state index contributed by atoms with van der Waals surface area (Å²) in [6.45, 7) is 2.24. The lowest BCUT2D eigenvalue weighted by atomic mass is 10.3. The van der Waals surface area contributed by atoms with Gasteiger partial charge in [-0.3, -0.25) is 4.79 Å². The Morgan fingerprint density at radius 3 is 2.43 bits per heavy atom. The Morgan fingerprint density at radius 1 is 1.24 bits per heavy atom. The maximum Gasteiger partial charge on any atom is 0.210 e. The summed E-state index contributed by atoms with van der Waals surface area (Å²) in [5.74, 6) is -0.448. The van der Waals surface area contributed by atoms with Crippen molar-refractivity contribution < 1.29 is 13.2 Å². The number of benzene rings is 1. The number of sulfone groups is 1. The third-order valence-electron chi connectivity index (χ3n) is 3.53. The summed E-state index contributed by atoms with van der Waals surface area (Å²) >= 11 is 0. The number of Topliss-reactive ketones (excluding diaryl/α,β-unsaturated/α-hetero) is 1. The van der Waals surface area contributed by atoms with Crippen LogP contribution in [0.3, 0.4) is 0 Å². The largest absolute Gasteiger partial charge is 0.378 e. The molecule has 0 bridgehead atoms. The fourth-order valence-corrected chi connectivity index (χ4v) is 3.73. The maximum atomic E-state index is 12.5. The first kappa shape index (κ1) is 15.5. The highest BCUT2D eigenvalue weighted by Crippen LogP contribution is 2.22. The fraction of sp³-hybridized carbons (Fsp3) is 0.312. The molecule has 1 aliphatic rings. The lowest BCUT2D eigenvalue weighted by Crippen LogP contribution is -2.12. The molecule has 0 saturated carbocycles. The lowest BCUT2D eigenvalue weighted by Gasteiger charge is -2.11. The molecule has 1 fully saturated rings. The van der Waals surface area contributed by atoms with Crippen molar-refractivity contribution in [2.75, 3.05) is 13.6 Å². The van der Waals surface area contributed by atoms with Crippen molar-refractivity contribution in [2.45, 2.75) is 24.7 Å². The van der Waals surface area contributed by atoms with E-state index in [0.717, 1.165) is 25.1 Å². The Morgan fingerprint density at radius 2 is 1.90 bits per heavy atom. The first-order chi connectivity index (χ1) is 9.93. The molecule has 4 nitrogen and oxygen atoms in total. The summed E-state index contributed by atoms with van der Waals surface area (Å²) < 4.78 is 25.1. The molecule has 0 atom stereocenters. The summed E-state index contributed by atoms with van der Waals surface area (Å²) in [5.41, 5.74) is 1.05. The molecule has 0 aliphatic carbocycles. The van der Waals surface area contributed by atoms with Crippen molar-refractivity contribution in [1.82, 2.24) is 4.90 Å². The van der Waals surface area contributed by atoms with Crippen molar-refractivity contribution >= 4 is 15.6 Å². The summed E-state index contributed by atoms with van der Waals surface area (Å²) in [5, 5.41) is 0. The van der Waals surface area contributed by atoms with Gasteiger partial charge in [-0.1, -0.05) is 18.2 Å². The smallest absolute Gasteiger partial charge is 0.210 e. The normalized spacial score (nSPS) is 18.3. The highest BCUT2D eigenvalue weighted by Gasteiger charge is 2.23. The van der Waals surface area contributed by atoms with E-state index in [9.17, 15) is 13.2 Å². The lowest BCUT2D eigenvalue weighted by molar-refractivity contribution is -0.113. The summed E-state index contributed by atoms with van der Waals surface area (Å²) in [4.78, 5) is 13.8. The van der Waals surface area contributed by atoms with E-state index in [1.54, 1.807) is 24.3 Å². The van der Waals surface area contributed by atoms with Crippen molar-refractivity contribution in [2.24, 2.45) is 0 Å². The van der Waals surface area contributed by atoms with Crippen LogP contribution in [0.1, 0.15) is 19.8 Å². The minimum Gasteiger partial charge on any atom is -0.378 e. The molecule has 5 heteroatoms. The number of rotatable bonds is 4. The Kier molecular flexibility index (Phi) is 4.63. The van der Waals surface area contributed by atoms with Crippen LogP contribution in [-0.4, -0.2) is 32.7 Å². The van der Waals surface area contributed by atoms with Gasteiger partial charge in [-0.05, 0) is 44.1 Å². The van der Waals surface area contributed by atoms with Crippen LogP contribution >= 0.6 is 0 Å². The van der Waals surface area contributed by atoms with Crippen LogP contribution < -0.4 is 0 Å². The van der Waals surface area contributed by atoms with E-state index in [2.05, 4.69) is 4.90 Å². The molecular weight excluding hydrogens is 286 g/mol. The molecular formula is C16H19NO3S. The van der Waals surface area contributed by atoms with Gasteiger partial charge in [0.1, 0.15) is 4.91 Å². The van der Waals surface area contributed by atoms with Crippen LogP contribution in [0.25, 0.3) is 0 Å². The van der Waals surface area contributed by atoms with Gasteiger partial charge in [-0.25, -0.2) is 8.42 Å². The van der Waals surface area contributed by atoms with Crippen molar-refractivity contribution in [3.05, 3.63) is 53.1 Å². The Balaban J connectivity index is 2.42. The molecule has 0 N–H and O–H groups in total. The molecule has 0 spiro atoms. The molecule has 1 aromatic rings. The molecule has 0 amide bonds. The van der Waals surface area contributed by atoms with Gasteiger partial charge in [0.15, 0.2) is 5.78 Å². The van der Waals surface area contributed by atoms with Gasteiger partial charge in [0.05, 0.1) is 4.90 Å². The number of hydrogen-bond donors (Lipinski definition) is 0. The molecule has 2 rings (SSSR count). The van der Waals surface area contributed by atoms with E-state index in [1.807, 2.05) is 7.05 Å². The molecule has 21 heavy (non-hydrogen) atoms. The molecule has 0 radical (unpaired) electrons. The average molecular weight is 305 g/mol. The second-order valence-corrected chi connectivity index (χ2v) is 7.00. The van der Waals surface area contributed by atoms with Gasteiger partial charge in [-0.15, -0.1) is 0 Å². The van der Waals surface area contributed by atoms with Crippen LogP contribution in [0.4, 0.5) is 0 Å². The zero-order chi connectivity index (χ0) is 15.5. The van der Waals surface area contributed by atoms with Gasteiger partial charge in [0, 0.05) is 19.3 Å². The Labute approximate surface area is 125 Å². The van der Waals surface area contributed by atoms with E-state index in [1.165, 1.54) is 25.1 Å². The zero-order valence-corrected chi connectivity index (χ0v) is 13.1. The fourth-order valence-electron chi connectivity index (χ4n) is 2.34. The number of ketones is 1. The van der Waals surface area contributed by atoms with Crippen LogP contribution in [0, 0.1) is 0 Å². The number of nitrogens with zero attached hydrogens (tertiary/aromatic N) is 1. The minimum atomic E-state index is -3.76. The van der Waals surface area contributed by atoms with Crippen LogP contribution in [-0.2, 0) is 14.6 Å². The first-order valence-electron chi connectivity index (χ1n) is 6.86. The SMILES string of the molecule is CC(=O)/C(=C/C=C1/CCCN1C)S(=O)(=O)c1ccccc1. The number of likely N-dealkylation sites (tertiary alicyclic amines) is 1. The highest BCUT2D eigenvalue weighted by molar-refractivity contribution is 7.96. The molecule has 1 aliphatic heterocycles. The standard InChI is InChI=1S/C16H19NO3S/c1-13(18)16(11-10-14-7-6-12-17(14)2)21(19,20)15-8-4-3-5-9-15/h3-5,8-11H,6-7,12H2,1-2H3/b14-10-,16-11-. The minimum absolute atomic E-state index is 0.143. The summed E-state index contributed by atoms with van der Waals surface area (Å²) in [6, 6.07) is 8.04. The summed E-state index contributed by atoms with van der Waals surface area (Å²) in [6.07, 6.45) is 5.13. The predicted octanol–water partition coefficient (Wildman–Crippen LogP) is 2.54. The average Bonchev–Trinajstić information content (AvgIpc) is 2.85. The van der Waals surface area contributed by atoms with Crippen LogP contribution in [0.5, 0.6) is 0 Å². The number of carbonyl (C=O) groups excluding carboxylic acids is 1.